The molecule has 7 nitrogen and oxygen atoms in total. The van der Waals surface area contributed by atoms with Crippen molar-refractivity contribution in [1.82, 2.24) is 0 Å². The second kappa shape index (κ2) is 9.28. The Morgan fingerprint density at radius 3 is 2.27 bits per heavy atom. The average molecular weight is 551 g/mol. The monoisotopic (exact) mass is 550 g/mol. The maximum Gasteiger partial charge on any atom is 0.308 e. The predicted molar refractivity (Wildman–Crippen MR) is 148 cm³/mol. The molecular weight excluding hydrogens is 508 g/mol. The largest absolute Gasteiger partial charge is 0.472 e. The first-order valence-electron chi connectivity index (χ1n) is 14.5. The summed E-state index contributed by atoms with van der Waals surface area (Å²) < 4.78 is 17.9. The van der Waals surface area contributed by atoms with Crippen molar-refractivity contribution in [2.24, 2.45) is 39.4 Å². The topological polar surface area (TPSA) is 99.9 Å². The van der Waals surface area contributed by atoms with E-state index in [0.29, 0.717) is 19.3 Å². The summed E-state index contributed by atoms with van der Waals surface area (Å²) in [4.78, 5) is 52.9. The van der Waals surface area contributed by atoms with Crippen molar-refractivity contribution in [2.75, 3.05) is 0 Å². The van der Waals surface area contributed by atoms with Crippen LogP contribution in [0, 0.1) is 39.4 Å². The van der Waals surface area contributed by atoms with Gasteiger partial charge in [-0.2, -0.15) is 0 Å². The van der Waals surface area contributed by atoms with E-state index < -0.39 is 45.8 Å². The third-order valence-corrected chi connectivity index (χ3v) is 11.4. The number of ketones is 2. The van der Waals surface area contributed by atoms with E-state index in [-0.39, 0.29) is 35.3 Å². The Morgan fingerprint density at radius 2 is 1.68 bits per heavy atom. The molecule has 0 amide bonds. The van der Waals surface area contributed by atoms with Gasteiger partial charge in [-0.05, 0) is 60.3 Å². The van der Waals surface area contributed by atoms with Gasteiger partial charge >= 0.3 is 11.9 Å². The molecule has 0 spiro atoms. The zero-order valence-electron chi connectivity index (χ0n) is 24.9. The summed E-state index contributed by atoms with van der Waals surface area (Å²) >= 11 is 0. The molecule has 2 fully saturated rings. The Labute approximate surface area is 236 Å². The van der Waals surface area contributed by atoms with Gasteiger partial charge in [0, 0.05) is 28.7 Å². The van der Waals surface area contributed by atoms with Crippen LogP contribution in [0.1, 0.15) is 86.1 Å². The number of allylic oxidation sites excluding steroid dienone is 3. The second-order valence-electron chi connectivity index (χ2n) is 13.7. The maximum absolute atomic E-state index is 13.9. The van der Waals surface area contributed by atoms with Crippen LogP contribution in [0.4, 0.5) is 0 Å². The van der Waals surface area contributed by atoms with Gasteiger partial charge in [-0.15, -0.1) is 0 Å². The fourth-order valence-corrected chi connectivity index (χ4v) is 8.93. The number of hydrogen-bond acceptors (Lipinski definition) is 7. The molecule has 0 radical (unpaired) electrons. The van der Waals surface area contributed by atoms with Crippen molar-refractivity contribution < 1.29 is 33.1 Å². The first-order chi connectivity index (χ1) is 18.6. The van der Waals surface area contributed by atoms with Gasteiger partial charge in [0.25, 0.3) is 0 Å². The molecule has 5 rings (SSSR count). The van der Waals surface area contributed by atoms with E-state index in [2.05, 4.69) is 13.8 Å². The number of ether oxygens (including phenoxy) is 2. The SMILES string of the molecule is CC[C@@H](C)C(=O)O[C@@H]1C[C@H]2C(C)(C)C(=O)C=C[C@]2(C)[C@H]2C[C@@H](OC(C)=O)[C@]3(C)C(=CC(=O)[C@H]3c3ccoc3)[C@@]21C. The molecule has 1 aromatic heterocycles. The zero-order valence-corrected chi connectivity index (χ0v) is 24.9. The van der Waals surface area contributed by atoms with E-state index in [1.54, 1.807) is 30.7 Å². The minimum atomic E-state index is -0.869. The molecule has 1 heterocycles. The highest BCUT2D eigenvalue weighted by Gasteiger charge is 2.72. The molecule has 0 N–H and O–H groups in total. The average Bonchev–Trinajstić information content (AvgIpc) is 3.50. The lowest BCUT2D eigenvalue weighted by Crippen LogP contribution is -2.67. The highest BCUT2D eigenvalue weighted by Crippen LogP contribution is 2.73. The van der Waals surface area contributed by atoms with Gasteiger partial charge in [-0.3, -0.25) is 19.2 Å². The number of furan rings is 1. The van der Waals surface area contributed by atoms with Crippen LogP contribution in [0.3, 0.4) is 0 Å². The van der Waals surface area contributed by atoms with E-state index in [1.807, 2.05) is 40.7 Å². The molecule has 0 saturated heterocycles. The standard InChI is InChI=1S/C33H42O7/c1-9-18(2)29(37)40-26-15-22-30(4,5)25(36)10-12-31(22,6)23-16-27(39-19(3)34)33(8)24(32(23,26)7)14-21(35)28(33)20-11-13-38-17-20/h10-14,17-18,22-23,26-28H,9,15-16H2,1-8H3/t18-,22+,23-,26-,27-,28-,31+,32-,33+/m1/s1. The summed E-state index contributed by atoms with van der Waals surface area (Å²) in [5.74, 6) is -1.87. The third-order valence-electron chi connectivity index (χ3n) is 11.4. The van der Waals surface area contributed by atoms with Gasteiger partial charge in [0.1, 0.15) is 12.2 Å². The summed E-state index contributed by atoms with van der Waals surface area (Å²) in [6, 6.07) is 1.79. The molecule has 0 aliphatic heterocycles. The lowest BCUT2D eigenvalue weighted by molar-refractivity contribution is -0.206. The van der Waals surface area contributed by atoms with Gasteiger partial charge < -0.3 is 13.9 Å². The van der Waals surface area contributed by atoms with Gasteiger partial charge in [0.05, 0.1) is 24.4 Å². The van der Waals surface area contributed by atoms with Crippen LogP contribution in [0.15, 0.2) is 46.8 Å². The Hall–Kier alpha value is -2.96. The van der Waals surface area contributed by atoms with Crippen molar-refractivity contribution in [3.05, 3.63) is 48.0 Å². The number of carbonyl (C=O) groups is 4. The van der Waals surface area contributed by atoms with Gasteiger partial charge in [0.2, 0.25) is 0 Å². The quantitative estimate of drug-likeness (QED) is 0.416. The van der Waals surface area contributed by atoms with E-state index in [4.69, 9.17) is 13.9 Å². The Morgan fingerprint density at radius 1 is 1.02 bits per heavy atom. The number of carbonyl (C=O) groups excluding carboxylic acids is 4. The molecule has 1 aromatic rings. The summed E-state index contributed by atoms with van der Waals surface area (Å²) in [6.07, 6.45) is 9.01. The molecule has 2 saturated carbocycles. The number of rotatable bonds is 5. The smallest absolute Gasteiger partial charge is 0.308 e. The van der Waals surface area contributed by atoms with E-state index in [0.717, 1.165) is 11.1 Å². The molecular formula is C33H42O7. The van der Waals surface area contributed by atoms with E-state index in [9.17, 15) is 19.2 Å². The van der Waals surface area contributed by atoms with Crippen molar-refractivity contribution in [3.8, 4) is 0 Å². The first-order valence-corrected chi connectivity index (χ1v) is 14.5. The Balaban J connectivity index is 1.74. The highest BCUT2D eigenvalue weighted by atomic mass is 16.6. The second-order valence-corrected chi connectivity index (χ2v) is 13.7. The third kappa shape index (κ3) is 3.75. The molecule has 40 heavy (non-hydrogen) atoms. The fraction of sp³-hybridized carbons (Fsp3) is 0.636. The lowest BCUT2D eigenvalue weighted by Gasteiger charge is -2.67. The lowest BCUT2D eigenvalue weighted by atomic mass is 9.38. The van der Waals surface area contributed by atoms with Gasteiger partial charge in [-0.25, -0.2) is 0 Å². The van der Waals surface area contributed by atoms with Crippen LogP contribution in [0.25, 0.3) is 0 Å². The molecule has 7 heteroatoms. The molecule has 216 valence electrons. The maximum atomic E-state index is 13.9. The van der Waals surface area contributed by atoms with Crippen LogP contribution in [0.5, 0.6) is 0 Å². The minimum Gasteiger partial charge on any atom is -0.472 e. The Bertz CT molecular complexity index is 1300. The Kier molecular flexibility index (Phi) is 6.63. The summed E-state index contributed by atoms with van der Waals surface area (Å²) in [5.41, 5.74) is -1.18. The van der Waals surface area contributed by atoms with Crippen LogP contribution in [0.2, 0.25) is 0 Å². The van der Waals surface area contributed by atoms with Crippen LogP contribution in [-0.2, 0) is 28.7 Å². The van der Waals surface area contributed by atoms with Crippen molar-refractivity contribution in [3.63, 3.8) is 0 Å². The first kappa shape index (κ1) is 28.6. The van der Waals surface area contributed by atoms with Crippen molar-refractivity contribution >= 4 is 23.5 Å². The molecule has 0 aromatic carbocycles. The molecule has 4 aliphatic rings. The van der Waals surface area contributed by atoms with Crippen LogP contribution < -0.4 is 0 Å². The van der Waals surface area contributed by atoms with E-state index >= 15 is 0 Å². The normalized spacial score (nSPS) is 40.4. The molecule has 0 bridgehead atoms. The van der Waals surface area contributed by atoms with Crippen LogP contribution >= 0.6 is 0 Å². The predicted octanol–water partition coefficient (Wildman–Crippen LogP) is 5.99. The van der Waals surface area contributed by atoms with Gasteiger partial charge in [0.15, 0.2) is 11.6 Å². The highest BCUT2D eigenvalue weighted by molar-refractivity contribution is 6.01. The summed E-state index contributed by atoms with van der Waals surface area (Å²) in [6.45, 7) is 15.5. The number of hydrogen-bond donors (Lipinski definition) is 0. The molecule has 0 unspecified atom stereocenters. The number of esters is 2. The van der Waals surface area contributed by atoms with E-state index in [1.165, 1.54) is 6.92 Å². The molecule has 9 atom stereocenters. The zero-order chi connectivity index (χ0) is 29.4. The summed E-state index contributed by atoms with van der Waals surface area (Å²) in [7, 11) is 0. The van der Waals surface area contributed by atoms with Crippen molar-refractivity contribution in [2.45, 2.75) is 92.8 Å². The van der Waals surface area contributed by atoms with Gasteiger partial charge in [-0.1, -0.05) is 54.5 Å². The molecule has 4 aliphatic carbocycles. The van der Waals surface area contributed by atoms with Crippen molar-refractivity contribution in [1.29, 1.82) is 0 Å². The van der Waals surface area contributed by atoms with Crippen LogP contribution in [-0.4, -0.2) is 35.7 Å². The minimum absolute atomic E-state index is 0.0537. The number of fused-ring (bicyclic) bond motifs is 5. The summed E-state index contributed by atoms with van der Waals surface area (Å²) in [5, 5.41) is 0. The fourth-order valence-electron chi connectivity index (χ4n) is 8.93.